The monoisotopic (exact) mass is 394 g/mol. The fraction of sp³-hybridized carbons (Fsp3) is 0.273. The molecule has 3 aromatic rings. The van der Waals surface area contributed by atoms with Crippen molar-refractivity contribution in [3.63, 3.8) is 0 Å². The van der Waals surface area contributed by atoms with Crippen LogP contribution in [0.3, 0.4) is 0 Å². The number of anilines is 1. The number of nitrogen functional groups attached to an aromatic ring is 1. The average molecular weight is 394 g/mol. The van der Waals surface area contributed by atoms with E-state index in [-0.39, 0.29) is 12.5 Å². The first-order valence-electron chi connectivity index (χ1n) is 9.41. The van der Waals surface area contributed by atoms with Crippen LogP contribution in [0.2, 0.25) is 0 Å². The smallest absolute Gasteiger partial charge is 0.253 e. The minimum atomic E-state index is -1.10. The lowest BCUT2D eigenvalue weighted by atomic mass is 10.1. The highest BCUT2D eigenvalue weighted by molar-refractivity contribution is 5.95. The molecule has 0 aliphatic rings. The second kappa shape index (κ2) is 8.36. The molecule has 0 spiro atoms. The zero-order valence-electron chi connectivity index (χ0n) is 16.8. The van der Waals surface area contributed by atoms with Gasteiger partial charge in [-0.15, -0.1) is 0 Å². The molecule has 0 radical (unpaired) electrons. The first kappa shape index (κ1) is 20.4. The molecule has 0 aliphatic carbocycles. The summed E-state index contributed by atoms with van der Waals surface area (Å²) in [4.78, 5) is 26.2. The van der Waals surface area contributed by atoms with Crippen LogP contribution in [0.15, 0.2) is 48.5 Å². The Labute approximate surface area is 169 Å². The molecule has 152 valence electrons. The molecule has 2 aromatic carbocycles. The van der Waals surface area contributed by atoms with Gasteiger partial charge in [0.2, 0.25) is 5.91 Å². The van der Waals surface area contributed by atoms with Gasteiger partial charge in [0.05, 0.1) is 6.54 Å². The number of hydrogen-bond acceptors (Lipinski definition) is 4. The summed E-state index contributed by atoms with van der Waals surface area (Å²) in [5, 5.41) is 13.0. The number of nitrogens with one attached hydrogen (secondary N) is 1. The number of aryl methyl sites for hydroxylation is 1. The van der Waals surface area contributed by atoms with Crippen LogP contribution < -0.4 is 11.1 Å². The van der Waals surface area contributed by atoms with Crippen molar-refractivity contribution in [2.75, 3.05) is 12.8 Å². The number of aliphatic hydroxyl groups is 1. The van der Waals surface area contributed by atoms with E-state index in [0.29, 0.717) is 23.4 Å². The van der Waals surface area contributed by atoms with Crippen molar-refractivity contribution in [3.8, 4) is 0 Å². The number of nitrogens with zero attached hydrogens (tertiary/aromatic N) is 2. The minimum Gasteiger partial charge on any atom is -0.398 e. The number of aromatic nitrogens is 1. The van der Waals surface area contributed by atoms with Gasteiger partial charge in [-0.2, -0.15) is 0 Å². The minimum absolute atomic E-state index is 0.140. The maximum atomic E-state index is 12.9. The summed E-state index contributed by atoms with van der Waals surface area (Å²) < 4.78 is 2.08. The van der Waals surface area contributed by atoms with Crippen LogP contribution in [0, 0.1) is 0 Å². The third-order valence-electron chi connectivity index (χ3n) is 5.02. The van der Waals surface area contributed by atoms with Crippen molar-refractivity contribution in [3.05, 3.63) is 65.4 Å². The Balaban J connectivity index is 1.75. The van der Waals surface area contributed by atoms with E-state index < -0.39 is 12.0 Å². The Hall–Kier alpha value is -3.32. The largest absolute Gasteiger partial charge is 0.398 e. The van der Waals surface area contributed by atoms with Crippen molar-refractivity contribution in [1.82, 2.24) is 14.8 Å². The zero-order chi connectivity index (χ0) is 21.1. The SMILES string of the molecule is CC(O)C(=O)NCc1cc(C(=O)N(C)Cc2cc3ccccc3n2C)ccc1N. The Bertz CT molecular complexity index is 1060. The molecule has 0 saturated carbocycles. The second-order valence-corrected chi connectivity index (χ2v) is 7.22. The van der Waals surface area contributed by atoms with Crippen molar-refractivity contribution < 1.29 is 14.7 Å². The highest BCUT2D eigenvalue weighted by Gasteiger charge is 2.16. The van der Waals surface area contributed by atoms with E-state index in [0.717, 1.165) is 16.6 Å². The highest BCUT2D eigenvalue weighted by Crippen LogP contribution is 2.21. The molecule has 2 amide bonds. The third kappa shape index (κ3) is 4.41. The number of fused-ring (bicyclic) bond motifs is 1. The summed E-state index contributed by atoms with van der Waals surface area (Å²) in [6.07, 6.45) is -1.10. The molecule has 0 aliphatic heterocycles. The number of rotatable bonds is 6. The summed E-state index contributed by atoms with van der Waals surface area (Å²) in [5.74, 6) is -0.632. The van der Waals surface area contributed by atoms with E-state index in [4.69, 9.17) is 5.73 Å². The first-order valence-corrected chi connectivity index (χ1v) is 9.41. The predicted octanol–water partition coefficient (Wildman–Crippen LogP) is 2.03. The van der Waals surface area contributed by atoms with Crippen LogP contribution in [0.1, 0.15) is 28.5 Å². The van der Waals surface area contributed by atoms with E-state index in [2.05, 4.69) is 28.1 Å². The molecular formula is C22H26N4O3. The van der Waals surface area contributed by atoms with Gasteiger partial charge in [-0.3, -0.25) is 9.59 Å². The zero-order valence-corrected chi connectivity index (χ0v) is 16.8. The van der Waals surface area contributed by atoms with Gasteiger partial charge < -0.3 is 25.6 Å². The Morgan fingerprint density at radius 1 is 1.21 bits per heavy atom. The molecule has 1 aromatic heterocycles. The Kier molecular flexibility index (Phi) is 5.89. The molecule has 4 N–H and O–H groups in total. The van der Waals surface area contributed by atoms with Gasteiger partial charge >= 0.3 is 0 Å². The van der Waals surface area contributed by atoms with Gasteiger partial charge in [0.15, 0.2) is 0 Å². The first-order chi connectivity index (χ1) is 13.8. The summed E-state index contributed by atoms with van der Waals surface area (Å²) >= 11 is 0. The van der Waals surface area contributed by atoms with E-state index >= 15 is 0 Å². The van der Waals surface area contributed by atoms with Gasteiger partial charge in [0, 0.05) is 43.1 Å². The lowest BCUT2D eigenvalue weighted by Gasteiger charge is -2.19. The Morgan fingerprint density at radius 3 is 2.62 bits per heavy atom. The number of carbonyl (C=O) groups excluding carboxylic acids is 2. The van der Waals surface area contributed by atoms with E-state index in [1.807, 2.05) is 19.2 Å². The second-order valence-electron chi connectivity index (χ2n) is 7.22. The normalized spacial score (nSPS) is 12.0. The van der Waals surface area contributed by atoms with Crippen molar-refractivity contribution >= 4 is 28.4 Å². The summed E-state index contributed by atoms with van der Waals surface area (Å²) in [6, 6.07) is 15.2. The number of benzene rings is 2. The van der Waals surface area contributed by atoms with Gasteiger partial charge in [0.25, 0.3) is 5.91 Å². The maximum absolute atomic E-state index is 12.9. The maximum Gasteiger partial charge on any atom is 0.253 e. The molecule has 0 saturated heterocycles. The number of nitrogens with two attached hydrogens (primary N) is 1. The molecular weight excluding hydrogens is 368 g/mol. The number of aliphatic hydroxyl groups excluding tert-OH is 1. The fourth-order valence-corrected chi connectivity index (χ4v) is 3.25. The van der Waals surface area contributed by atoms with Crippen molar-refractivity contribution in [2.24, 2.45) is 7.05 Å². The third-order valence-corrected chi connectivity index (χ3v) is 5.02. The average Bonchev–Trinajstić information content (AvgIpc) is 3.02. The van der Waals surface area contributed by atoms with E-state index in [1.165, 1.54) is 6.92 Å². The summed E-state index contributed by atoms with van der Waals surface area (Å²) in [6.45, 7) is 1.99. The lowest BCUT2D eigenvalue weighted by molar-refractivity contribution is -0.128. The molecule has 7 heteroatoms. The van der Waals surface area contributed by atoms with Crippen LogP contribution in [0.4, 0.5) is 5.69 Å². The molecule has 1 heterocycles. The van der Waals surface area contributed by atoms with Crippen LogP contribution in [-0.2, 0) is 24.9 Å². The van der Waals surface area contributed by atoms with E-state index in [1.54, 1.807) is 30.1 Å². The van der Waals surface area contributed by atoms with Crippen LogP contribution in [0.25, 0.3) is 10.9 Å². The van der Waals surface area contributed by atoms with E-state index in [9.17, 15) is 14.7 Å². The predicted molar refractivity (Wildman–Crippen MR) is 113 cm³/mol. The molecule has 1 atom stereocenters. The number of amides is 2. The molecule has 3 rings (SSSR count). The number of carbonyl (C=O) groups is 2. The topological polar surface area (TPSA) is 101 Å². The number of para-hydroxylation sites is 1. The van der Waals surface area contributed by atoms with Crippen LogP contribution >= 0.6 is 0 Å². The quantitative estimate of drug-likeness (QED) is 0.557. The molecule has 0 bridgehead atoms. The molecule has 0 fully saturated rings. The van der Waals surface area contributed by atoms with Gasteiger partial charge in [-0.25, -0.2) is 0 Å². The van der Waals surface area contributed by atoms with Gasteiger partial charge in [-0.05, 0) is 48.2 Å². The summed E-state index contributed by atoms with van der Waals surface area (Å²) in [5.41, 5.74) is 9.71. The molecule has 1 unspecified atom stereocenters. The fourth-order valence-electron chi connectivity index (χ4n) is 3.25. The van der Waals surface area contributed by atoms with Gasteiger partial charge in [-0.1, -0.05) is 18.2 Å². The highest BCUT2D eigenvalue weighted by atomic mass is 16.3. The molecule has 7 nitrogen and oxygen atoms in total. The van der Waals surface area contributed by atoms with Gasteiger partial charge in [0.1, 0.15) is 6.10 Å². The molecule has 29 heavy (non-hydrogen) atoms. The van der Waals surface area contributed by atoms with Crippen LogP contribution in [-0.4, -0.2) is 39.5 Å². The number of hydrogen-bond donors (Lipinski definition) is 3. The van der Waals surface area contributed by atoms with Crippen molar-refractivity contribution in [2.45, 2.75) is 26.1 Å². The van der Waals surface area contributed by atoms with Crippen LogP contribution in [0.5, 0.6) is 0 Å². The van der Waals surface area contributed by atoms with Crippen molar-refractivity contribution in [1.29, 1.82) is 0 Å². The lowest BCUT2D eigenvalue weighted by Crippen LogP contribution is -2.32. The standard InChI is InChI=1S/C22H26N4O3/c1-14(27)21(28)24-12-17-10-16(8-9-19(17)23)22(29)25(2)13-18-11-15-6-4-5-7-20(15)26(18)3/h4-11,14,27H,12-13,23H2,1-3H3,(H,24,28). The summed E-state index contributed by atoms with van der Waals surface area (Å²) in [7, 11) is 3.74. The Morgan fingerprint density at radius 2 is 1.93 bits per heavy atom.